The highest BCUT2D eigenvalue weighted by atomic mass is 35.5. The second-order valence-electron chi connectivity index (χ2n) is 4.05. The quantitative estimate of drug-likeness (QED) is 0.546. The van der Waals surface area contributed by atoms with Crippen molar-refractivity contribution < 1.29 is 9.47 Å². The monoisotopic (exact) mass is 296 g/mol. The van der Waals surface area contributed by atoms with Crippen molar-refractivity contribution in [3.05, 3.63) is 84.6 Å². The minimum atomic E-state index is 0.522. The summed E-state index contributed by atoms with van der Waals surface area (Å²) in [5.74, 6) is 1.28. The highest BCUT2D eigenvalue weighted by molar-refractivity contribution is 6.32. The van der Waals surface area contributed by atoms with Crippen LogP contribution in [-0.2, 0) is 0 Å². The number of ether oxygens (including phenoxy) is 2. The Morgan fingerprint density at radius 3 is 2.10 bits per heavy atom. The predicted octanol–water partition coefficient (Wildman–Crippen LogP) is 5.36. The highest BCUT2D eigenvalue weighted by Gasteiger charge is 2.04. The van der Waals surface area contributed by atoms with E-state index in [1.54, 1.807) is 6.07 Å². The van der Waals surface area contributed by atoms with E-state index < -0.39 is 0 Å². The maximum absolute atomic E-state index is 6.18. The van der Waals surface area contributed by atoms with Crippen molar-refractivity contribution in [1.29, 1.82) is 0 Å². The van der Waals surface area contributed by atoms with Gasteiger partial charge in [-0.25, -0.2) is 0 Å². The minimum Gasteiger partial charge on any atom is -0.457 e. The molecule has 0 aromatic heterocycles. The van der Waals surface area contributed by atoms with Crippen molar-refractivity contribution in [2.75, 3.05) is 0 Å². The third-order valence-corrected chi connectivity index (χ3v) is 2.96. The molecule has 0 radical (unpaired) electrons. The molecular formula is C18H13ClO2. The summed E-state index contributed by atoms with van der Waals surface area (Å²) >= 11 is 6.18. The van der Waals surface area contributed by atoms with Gasteiger partial charge in [0.2, 0.25) is 0 Å². The summed E-state index contributed by atoms with van der Waals surface area (Å²) in [6.07, 6.45) is 2.77. The molecule has 0 bridgehead atoms. The molecule has 0 fully saturated rings. The Balaban J connectivity index is 2.23. The van der Waals surface area contributed by atoms with E-state index in [0.29, 0.717) is 10.8 Å². The smallest absolute Gasteiger partial charge is 0.146 e. The first-order chi connectivity index (χ1) is 10.2. The van der Waals surface area contributed by atoms with Gasteiger partial charge in [0, 0.05) is 0 Å². The SMILES string of the molecule is C=C=COc1ccc(-c2ccc(OC=C=C)c(Cl)c2)cc1. The largest absolute Gasteiger partial charge is 0.457 e. The summed E-state index contributed by atoms with van der Waals surface area (Å²) in [6, 6.07) is 13.2. The van der Waals surface area contributed by atoms with Crippen LogP contribution in [0.3, 0.4) is 0 Å². The predicted molar refractivity (Wildman–Crippen MR) is 85.6 cm³/mol. The third-order valence-electron chi connectivity index (χ3n) is 2.67. The molecule has 2 rings (SSSR count). The van der Waals surface area contributed by atoms with E-state index in [9.17, 15) is 0 Å². The molecule has 2 nitrogen and oxygen atoms in total. The molecule has 0 aliphatic heterocycles. The van der Waals surface area contributed by atoms with Crippen molar-refractivity contribution in [3.63, 3.8) is 0 Å². The van der Waals surface area contributed by atoms with Gasteiger partial charge < -0.3 is 9.47 Å². The molecule has 0 N–H and O–H groups in total. The van der Waals surface area contributed by atoms with Gasteiger partial charge in [0.1, 0.15) is 24.0 Å². The first-order valence-electron chi connectivity index (χ1n) is 6.16. The molecular weight excluding hydrogens is 284 g/mol. The van der Waals surface area contributed by atoms with Gasteiger partial charge in [-0.15, -0.1) is 0 Å². The Morgan fingerprint density at radius 1 is 0.857 bits per heavy atom. The van der Waals surface area contributed by atoms with E-state index in [2.05, 4.69) is 24.6 Å². The van der Waals surface area contributed by atoms with Gasteiger partial charge >= 0.3 is 0 Å². The Kier molecular flexibility index (Phi) is 5.09. The van der Waals surface area contributed by atoms with Crippen LogP contribution in [0.5, 0.6) is 11.5 Å². The molecule has 0 unspecified atom stereocenters. The molecule has 0 amide bonds. The average molecular weight is 297 g/mol. The summed E-state index contributed by atoms with van der Waals surface area (Å²) in [5.41, 5.74) is 7.09. The summed E-state index contributed by atoms with van der Waals surface area (Å²) in [6.45, 7) is 6.87. The van der Waals surface area contributed by atoms with Crippen molar-refractivity contribution in [2.24, 2.45) is 0 Å². The lowest BCUT2D eigenvalue weighted by Crippen LogP contribution is -1.85. The molecule has 104 valence electrons. The Bertz CT molecular complexity index is 719. The maximum Gasteiger partial charge on any atom is 0.146 e. The van der Waals surface area contributed by atoms with Crippen LogP contribution in [0.4, 0.5) is 0 Å². The molecule has 0 heterocycles. The van der Waals surface area contributed by atoms with Gasteiger partial charge in [-0.3, -0.25) is 0 Å². The van der Waals surface area contributed by atoms with Crippen LogP contribution in [0.2, 0.25) is 5.02 Å². The average Bonchev–Trinajstić information content (AvgIpc) is 2.52. The Labute approximate surface area is 128 Å². The summed E-state index contributed by atoms with van der Waals surface area (Å²) < 4.78 is 10.5. The normalized spacial score (nSPS) is 9.19. The molecule has 2 aromatic rings. The summed E-state index contributed by atoms with van der Waals surface area (Å²) in [5, 5.41) is 0.522. The van der Waals surface area contributed by atoms with Crippen molar-refractivity contribution in [1.82, 2.24) is 0 Å². The van der Waals surface area contributed by atoms with E-state index in [1.165, 1.54) is 12.5 Å². The van der Waals surface area contributed by atoms with E-state index in [0.717, 1.165) is 16.9 Å². The van der Waals surface area contributed by atoms with E-state index in [1.807, 2.05) is 36.4 Å². The molecule has 0 saturated heterocycles. The lowest BCUT2D eigenvalue weighted by molar-refractivity contribution is 0.482. The van der Waals surface area contributed by atoms with Gasteiger partial charge in [0.25, 0.3) is 0 Å². The summed E-state index contributed by atoms with van der Waals surface area (Å²) in [4.78, 5) is 0. The van der Waals surface area contributed by atoms with Crippen LogP contribution in [0.1, 0.15) is 0 Å². The number of rotatable bonds is 5. The fourth-order valence-corrected chi connectivity index (χ4v) is 1.94. The van der Waals surface area contributed by atoms with Crippen molar-refractivity contribution in [3.8, 4) is 22.6 Å². The van der Waals surface area contributed by atoms with Gasteiger partial charge in [0.05, 0.1) is 5.02 Å². The number of benzene rings is 2. The molecule has 21 heavy (non-hydrogen) atoms. The van der Waals surface area contributed by atoms with Crippen molar-refractivity contribution in [2.45, 2.75) is 0 Å². The van der Waals surface area contributed by atoms with Gasteiger partial charge in [0.15, 0.2) is 0 Å². The van der Waals surface area contributed by atoms with Gasteiger partial charge in [-0.2, -0.15) is 0 Å². The van der Waals surface area contributed by atoms with E-state index in [-0.39, 0.29) is 0 Å². The van der Waals surface area contributed by atoms with Gasteiger partial charge in [-0.1, -0.05) is 54.4 Å². The molecule has 0 saturated carbocycles. The van der Waals surface area contributed by atoms with Crippen LogP contribution in [0.25, 0.3) is 11.1 Å². The van der Waals surface area contributed by atoms with Crippen LogP contribution in [0, 0.1) is 0 Å². The zero-order valence-electron chi connectivity index (χ0n) is 11.3. The Morgan fingerprint density at radius 2 is 1.48 bits per heavy atom. The second kappa shape index (κ2) is 7.23. The second-order valence-corrected chi connectivity index (χ2v) is 4.46. The minimum absolute atomic E-state index is 0.522. The summed E-state index contributed by atoms with van der Waals surface area (Å²) in [7, 11) is 0. The first-order valence-corrected chi connectivity index (χ1v) is 6.54. The topological polar surface area (TPSA) is 18.5 Å². The number of hydrogen-bond donors (Lipinski definition) is 0. The maximum atomic E-state index is 6.18. The fraction of sp³-hybridized carbons (Fsp3) is 0. The van der Waals surface area contributed by atoms with Crippen LogP contribution in [-0.4, -0.2) is 0 Å². The number of halogens is 1. The number of hydrogen-bond acceptors (Lipinski definition) is 2. The molecule has 0 spiro atoms. The molecule has 2 aromatic carbocycles. The zero-order valence-corrected chi connectivity index (χ0v) is 12.1. The van der Waals surface area contributed by atoms with Crippen LogP contribution >= 0.6 is 11.6 Å². The zero-order chi connectivity index (χ0) is 15.1. The Hall–Kier alpha value is -2.63. The van der Waals surface area contributed by atoms with Gasteiger partial charge in [-0.05, 0) is 35.4 Å². The van der Waals surface area contributed by atoms with E-state index in [4.69, 9.17) is 21.1 Å². The van der Waals surface area contributed by atoms with Crippen molar-refractivity contribution >= 4 is 11.6 Å². The van der Waals surface area contributed by atoms with Crippen LogP contribution in [0.15, 0.2) is 79.6 Å². The fourth-order valence-electron chi connectivity index (χ4n) is 1.72. The third kappa shape index (κ3) is 3.92. The highest BCUT2D eigenvalue weighted by Crippen LogP contribution is 2.31. The molecule has 0 aliphatic carbocycles. The lowest BCUT2D eigenvalue weighted by Gasteiger charge is -2.07. The van der Waals surface area contributed by atoms with Crippen LogP contribution < -0.4 is 9.47 Å². The van der Waals surface area contributed by atoms with E-state index >= 15 is 0 Å². The molecule has 3 heteroatoms. The molecule has 0 atom stereocenters. The lowest BCUT2D eigenvalue weighted by atomic mass is 10.1. The molecule has 0 aliphatic rings. The standard InChI is InChI=1S/C18H13ClO2/c1-3-11-20-16-8-5-14(6-9-16)15-7-10-18(17(19)13-15)21-12-4-2/h5-13H,1-2H2. The first kappa shape index (κ1) is 14.8.